The van der Waals surface area contributed by atoms with Crippen molar-refractivity contribution in [3.05, 3.63) is 0 Å². The summed E-state index contributed by atoms with van der Waals surface area (Å²) in [7, 11) is 0. The van der Waals surface area contributed by atoms with Crippen LogP contribution in [0.4, 0.5) is 0 Å². The predicted octanol–water partition coefficient (Wildman–Crippen LogP) is -1.21. The third-order valence-corrected chi connectivity index (χ3v) is 1.40. The van der Waals surface area contributed by atoms with Gasteiger partial charge in [0.1, 0.15) is 0 Å². The van der Waals surface area contributed by atoms with Crippen LogP contribution in [0.5, 0.6) is 0 Å². The molecule has 2 atom stereocenters. The summed E-state index contributed by atoms with van der Waals surface area (Å²) in [6.07, 6.45) is 0. The van der Waals surface area contributed by atoms with Gasteiger partial charge in [0, 0.05) is 6.54 Å². The summed E-state index contributed by atoms with van der Waals surface area (Å²) in [4.78, 5) is 0. The van der Waals surface area contributed by atoms with Crippen molar-refractivity contribution in [2.75, 3.05) is 6.54 Å². The van der Waals surface area contributed by atoms with Crippen molar-refractivity contribution in [2.24, 2.45) is 0 Å². The molecule has 1 heterocycles. The van der Waals surface area contributed by atoms with E-state index in [1.807, 2.05) is 0 Å². The number of rotatable bonds is 1. The Balaban J connectivity index is 2.31. The van der Waals surface area contributed by atoms with Gasteiger partial charge in [-0.25, -0.2) is 0 Å². The lowest BCUT2D eigenvalue weighted by atomic mass is 11.0. The molecule has 0 spiro atoms. The summed E-state index contributed by atoms with van der Waals surface area (Å²) in [5.74, 6) is 0. The highest BCUT2D eigenvalue weighted by atomic mass is 32.2. The van der Waals surface area contributed by atoms with Gasteiger partial charge in [-0.05, 0) is 11.1 Å². The standard InChI is InChI=1S/C2H5NO2S/c4-6(5)2-1-3-2/h2-3H,1H2,(H,4,5)/p-1. The molecule has 0 aromatic carbocycles. The lowest BCUT2D eigenvalue weighted by Crippen LogP contribution is -1.98. The summed E-state index contributed by atoms with van der Waals surface area (Å²) in [5, 5.41) is 2.39. The summed E-state index contributed by atoms with van der Waals surface area (Å²) < 4.78 is 19.4. The fourth-order valence-corrected chi connectivity index (χ4v) is 0.553. The zero-order chi connectivity index (χ0) is 4.57. The topological polar surface area (TPSA) is 62.1 Å². The minimum Gasteiger partial charge on any atom is -0.771 e. The Bertz CT molecular complexity index is 79.6. The monoisotopic (exact) mass is 106 g/mol. The smallest absolute Gasteiger partial charge is 0.0829 e. The number of hydrogen-bond donors (Lipinski definition) is 1. The lowest BCUT2D eigenvalue weighted by Gasteiger charge is -1.95. The first kappa shape index (κ1) is 4.23. The van der Waals surface area contributed by atoms with Crippen LogP contribution in [0.1, 0.15) is 0 Å². The Morgan fingerprint density at radius 1 is 2.00 bits per heavy atom. The molecule has 0 aliphatic carbocycles. The van der Waals surface area contributed by atoms with Crippen LogP contribution in [0, 0.1) is 0 Å². The van der Waals surface area contributed by atoms with E-state index in [9.17, 15) is 8.76 Å². The molecule has 3 nitrogen and oxygen atoms in total. The molecule has 0 aromatic heterocycles. The van der Waals surface area contributed by atoms with Crippen LogP contribution in [-0.2, 0) is 11.1 Å². The van der Waals surface area contributed by atoms with E-state index in [4.69, 9.17) is 0 Å². The second-order valence-electron chi connectivity index (χ2n) is 1.16. The van der Waals surface area contributed by atoms with Gasteiger partial charge >= 0.3 is 0 Å². The van der Waals surface area contributed by atoms with Crippen molar-refractivity contribution in [1.82, 2.24) is 5.32 Å². The summed E-state index contributed by atoms with van der Waals surface area (Å²) in [5.41, 5.74) is 0. The Morgan fingerprint density at radius 2 is 2.50 bits per heavy atom. The molecule has 1 aliphatic heterocycles. The van der Waals surface area contributed by atoms with Gasteiger partial charge in [0.15, 0.2) is 0 Å². The number of nitrogens with one attached hydrogen (secondary N) is 1. The molecule has 36 valence electrons. The quantitative estimate of drug-likeness (QED) is 0.337. The van der Waals surface area contributed by atoms with E-state index in [-0.39, 0.29) is 5.37 Å². The molecule has 1 saturated heterocycles. The van der Waals surface area contributed by atoms with E-state index in [1.165, 1.54) is 0 Å². The molecule has 1 rings (SSSR count). The first-order valence-electron chi connectivity index (χ1n) is 1.62. The third-order valence-electron chi connectivity index (χ3n) is 0.603. The second-order valence-corrected chi connectivity index (χ2v) is 2.25. The van der Waals surface area contributed by atoms with Crippen molar-refractivity contribution in [3.8, 4) is 0 Å². The van der Waals surface area contributed by atoms with Crippen molar-refractivity contribution in [2.45, 2.75) is 5.37 Å². The maximum atomic E-state index is 9.70. The minimum absolute atomic E-state index is 0.231. The highest BCUT2D eigenvalue weighted by Crippen LogP contribution is 1.97. The van der Waals surface area contributed by atoms with Crippen molar-refractivity contribution in [1.29, 1.82) is 0 Å². The molecule has 1 aliphatic rings. The predicted molar refractivity (Wildman–Crippen MR) is 20.7 cm³/mol. The van der Waals surface area contributed by atoms with E-state index in [2.05, 4.69) is 5.32 Å². The summed E-state index contributed by atoms with van der Waals surface area (Å²) >= 11 is -1.87. The lowest BCUT2D eigenvalue weighted by molar-refractivity contribution is 0.535. The van der Waals surface area contributed by atoms with Gasteiger partial charge in [-0.1, -0.05) is 0 Å². The van der Waals surface area contributed by atoms with Gasteiger partial charge in [0.25, 0.3) is 0 Å². The second kappa shape index (κ2) is 1.29. The molecule has 0 amide bonds. The Kier molecular flexibility index (Phi) is 0.910. The summed E-state index contributed by atoms with van der Waals surface area (Å²) in [6, 6.07) is 0. The summed E-state index contributed by atoms with van der Waals surface area (Å²) in [6.45, 7) is 0.635. The molecule has 2 unspecified atom stereocenters. The van der Waals surface area contributed by atoms with E-state index in [0.29, 0.717) is 6.54 Å². The van der Waals surface area contributed by atoms with Gasteiger partial charge in [0.05, 0.1) is 5.37 Å². The molecule has 4 heteroatoms. The Hall–Kier alpha value is 0.0700. The first-order valence-corrected chi connectivity index (χ1v) is 2.76. The van der Waals surface area contributed by atoms with E-state index < -0.39 is 11.1 Å². The molecule has 1 fully saturated rings. The maximum Gasteiger partial charge on any atom is 0.0829 e. The zero-order valence-electron chi connectivity index (χ0n) is 3.01. The normalized spacial score (nSPS) is 35.8. The average Bonchev–Trinajstić information content (AvgIpc) is 2.06. The Morgan fingerprint density at radius 3 is 2.50 bits per heavy atom. The molecular weight excluding hydrogens is 102 g/mol. The highest BCUT2D eigenvalue weighted by Gasteiger charge is 2.19. The molecule has 0 aromatic rings. The molecule has 0 radical (unpaired) electrons. The van der Waals surface area contributed by atoms with E-state index in [1.54, 1.807) is 0 Å². The van der Waals surface area contributed by atoms with Crippen LogP contribution < -0.4 is 5.32 Å². The minimum atomic E-state index is -1.87. The molecule has 6 heavy (non-hydrogen) atoms. The van der Waals surface area contributed by atoms with Crippen molar-refractivity contribution < 1.29 is 8.76 Å². The maximum absolute atomic E-state index is 9.70. The van der Waals surface area contributed by atoms with Crippen LogP contribution in [0.2, 0.25) is 0 Å². The van der Waals surface area contributed by atoms with Gasteiger partial charge in [-0.3, -0.25) is 4.21 Å². The fourth-order valence-electron chi connectivity index (χ4n) is 0.184. The van der Waals surface area contributed by atoms with Crippen LogP contribution in [0.25, 0.3) is 0 Å². The fraction of sp³-hybridized carbons (Fsp3) is 1.00. The van der Waals surface area contributed by atoms with Gasteiger partial charge in [-0.2, -0.15) is 0 Å². The van der Waals surface area contributed by atoms with E-state index in [0.717, 1.165) is 0 Å². The van der Waals surface area contributed by atoms with Gasteiger partial charge < -0.3 is 9.87 Å². The number of hydrogen-bond acceptors (Lipinski definition) is 3. The van der Waals surface area contributed by atoms with E-state index >= 15 is 0 Å². The van der Waals surface area contributed by atoms with Crippen LogP contribution in [0.15, 0.2) is 0 Å². The van der Waals surface area contributed by atoms with Gasteiger partial charge in [0.2, 0.25) is 0 Å². The van der Waals surface area contributed by atoms with Crippen molar-refractivity contribution >= 4 is 11.1 Å². The van der Waals surface area contributed by atoms with Crippen molar-refractivity contribution in [3.63, 3.8) is 0 Å². The van der Waals surface area contributed by atoms with Crippen LogP contribution in [0.3, 0.4) is 0 Å². The first-order chi connectivity index (χ1) is 2.80. The Labute approximate surface area is 38.0 Å². The SMILES string of the molecule is O=S([O-])C1CN1. The average molecular weight is 106 g/mol. The van der Waals surface area contributed by atoms with Crippen LogP contribution in [-0.4, -0.2) is 20.7 Å². The molecular formula is C2H4NO2S-. The zero-order valence-corrected chi connectivity index (χ0v) is 3.83. The van der Waals surface area contributed by atoms with Gasteiger partial charge in [-0.15, -0.1) is 0 Å². The third kappa shape index (κ3) is 0.767. The van der Waals surface area contributed by atoms with Crippen LogP contribution >= 0.6 is 0 Å². The highest BCUT2D eigenvalue weighted by molar-refractivity contribution is 7.80. The molecule has 0 saturated carbocycles. The largest absolute Gasteiger partial charge is 0.771 e. The molecule has 0 bridgehead atoms. The molecule has 1 N–H and O–H groups in total.